The van der Waals surface area contributed by atoms with Gasteiger partial charge in [-0.15, -0.1) is 11.8 Å². The summed E-state index contributed by atoms with van der Waals surface area (Å²) < 4.78 is 1.19. The Morgan fingerprint density at radius 2 is 2.14 bits per heavy atom. The van der Waals surface area contributed by atoms with Crippen molar-refractivity contribution < 1.29 is 0 Å². The van der Waals surface area contributed by atoms with E-state index < -0.39 is 0 Å². The zero-order valence-electron chi connectivity index (χ0n) is 8.59. The second kappa shape index (κ2) is 6.49. The maximum absolute atomic E-state index is 3.55. The van der Waals surface area contributed by atoms with E-state index in [0.717, 1.165) is 5.75 Å². The summed E-state index contributed by atoms with van der Waals surface area (Å²) in [6, 6.07) is 8.96. The first kappa shape index (κ1) is 12.1. The van der Waals surface area contributed by atoms with Crippen LogP contribution in [-0.4, -0.2) is 18.8 Å². The van der Waals surface area contributed by atoms with Crippen molar-refractivity contribution in [2.24, 2.45) is 0 Å². The molecule has 1 nitrogen and oxygen atoms in total. The third-order valence-electron chi connectivity index (χ3n) is 2.18. The topological polar surface area (TPSA) is 12.0 Å². The standard InChI is InChI=1S/C11H16BrNS/c1-3-9(13-2)8-14-11-7-5-4-6-10(11)12/h4-7,9,13H,3,8H2,1-2H3. The van der Waals surface area contributed by atoms with Crippen molar-refractivity contribution >= 4 is 27.7 Å². The Morgan fingerprint density at radius 1 is 1.43 bits per heavy atom. The fraction of sp³-hybridized carbons (Fsp3) is 0.455. The van der Waals surface area contributed by atoms with Gasteiger partial charge in [0.15, 0.2) is 0 Å². The van der Waals surface area contributed by atoms with Gasteiger partial charge in [-0.3, -0.25) is 0 Å². The van der Waals surface area contributed by atoms with Crippen LogP contribution in [0.15, 0.2) is 33.6 Å². The molecule has 78 valence electrons. The van der Waals surface area contributed by atoms with Crippen LogP contribution in [0.3, 0.4) is 0 Å². The Hall–Kier alpha value is 0.01000. The van der Waals surface area contributed by atoms with E-state index in [1.54, 1.807) is 0 Å². The zero-order valence-corrected chi connectivity index (χ0v) is 11.0. The first-order chi connectivity index (χ1) is 6.77. The zero-order chi connectivity index (χ0) is 10.4. The van der Waals surface area contributed by atoms with E-state index in [1.807, 2.05) is 24.9 Å². The lowest BCUT2D eigenvalue weighted by atomic mass is 10.3. The Kier molecular flexibility index (Phi) is 5.60. The van der Waals surface area contributed by atoms with Crippen LogP contribution in [0.2, 0.25) is 0 Å². The van der Waals surface area contributed by atoms with E-state index in [4.69, 9.17) is 0 Å². The van der Waals surface area contributed by atoms with E-state index in [-0.39, 0.29) is 0 Å². The molecule has 0 fully saturated rings. The Bertz CT molecular complexity index is 274. The van der Waals surface area contributed by atoms with Crippen molar-refractivity contribution in [2.75, 3.05) is 12.8 Å². The molecule has 0 aliphatic carbocycles. The first-order valence-corrected chi connectivity index (χ1v) is 6.60. The van der Waals surface area contributed by atoms with Gasteiger partial charge in [0.05, 0.1) is 0 Å². The number of halogens is 1. The molecule has 0 saturated heterocycles. The van der Waals surface area contributed by atoms with Crippen molar-refractivity contribution in [3.63, 3.8) is 0 Å². The van der Waals surface area contributed by atoms with Gasteiger partial charge in [0.1, 0.15) is 0 Å². The molecule has 1 unspecified atom stereocenters. The molecule has 1 aromatic carbocycles. The van der Waals surface area contributed by atoms with Crippen LogP contribution in [0.4, 0.5) is 0 Å². The molecule has 1 N–H and O–H groups in total. The van der Waals surface area contributed by atoms with Crippen molar-refractivity contribution in [3.05, 3.63) is 28.7 Å². The minimum absolute atomic E-state index is 0.604. The average Bonchev–Trinajstić information content (AvgIpc) is 2.22. The molecule has 1 atom stereocenters. The molecule has 0 amide bonds. The smallest absolute Gasteiger partial charge is 0.0311 e. The first-order valence-electron chi connectivity index (χ1n) is 4.82. The van der Waals surface area contributed by atoms with E-state index in [0.29, 0.717) is 6.04 Å². The molecule has 1 rings (SSSR count). The average molecular weight is 274 g/mol. The van der Waals surface area contributed by atoms with E-state index in [1.165, 1.54) is 15.8 Å². The number of hydrogen-bond acceptors (Lipinski definition) is 2. The number of rotatable bonds is 5. The molecule has 0 aliphatic heterocycles. The van der Waals surface area contributed by atoms with E-state index >= 15 is 0 Å². The summed E-state index contributed by atoms with van der Waals surface area (Å²) in [7, 11) is 2.02. The van der Waals surface area contributed by atoms with Crippen molar-refractivity contribution in [1.29, 1.82) is 0 Å². The highest BCUT2D eigenvalue weighted by molar-refractivity contribution is 9.10. The molecule has 14 heavy (non-hydrogen) atoms. The second-order valence-electron chi connectivity index (χ2n) is 3.14. The molecule has 0 bridgehead atoms. The monoisotopic (exact) mass is 273 g/mol. The highest BCUT2D eigenvalue weighted by Gasteiger charge is 2.05. The summed E-state index contributed by atoms with van der Waals surface area (Å²) in [6.07, 6.45) is 1.17. The van der Waals surface area contributed by atoms with Crippen LogP contribution in [0.1, 0.15) is 13.3 Å². The minimum Gasteiger partial charge on any atom is -0.316 e. The molecule has 3 heteroatoms. The summed E-state index contributed by atoms with van der Waals surface area (Å²) in [5, 5.41) is 3.31. The highest BCUT2D eigenvalue weighted by Crippen LogP contribution is 2.27. The predicted molar refractivity (Wildman–Crippen MR) is 68.0 cm³/mol. The predicted octanol–water partition coefficient (Wildman–Crippen LogP) is 3.54. The molecule has 0 saturated carbocycles. The van der Waals surface area contributed by atoms with Gasteiger partial charge in [0.2, 0.25) is 0 Å². The van der Waals surface area contributed by atoms with Gasteiger partial charge in [0, 0.05) is 21.2 Å². The van der Waals surface area contributed by atoms with Crippen LogP contribution in [0.5, 0.6) is 0 Å². The van der Waals surface area contributed by atoms with Crippen LogP contribution in [0, 0.1) is 0 Å². The lowest BCUT2D eigenvalue weighted by molar-refractivity contribution is 0.602. The largest absolute Gasteiger partial charge is 0.316 e. The molecule has 0 aromatic heterocycles. The number of thioether (sulfide) groups is 1. The van der Waals surface area contributed by atoms with E-state index in [2.05, 4.69) is 46.4 Å². The van der Waals surface area contributed by atoms with Gasteiger partial charge < -0.3 is 5.32 Å². The van der Waals surface area contributed by atoms with Crippen LogP contribution in [0.25, 0.3) is 0 Å². The molecule has 0 radical (unpaired) electrons. The molecule has 1 aromatic rings. The third kappa shape index (κ3) is 3.64. The molecular formula is C11H16BrNS. The van der Waals surface area contributed by atoms with E-state index in [9.17, 15) is 0 Å². The maximum Gasteiger partial charge on any atom is 0.0311 e. The summed E-state index contributed by atoms with van der Waals surface area (Å²) in [6.45, 7) is 2.21. The number of benzene rings is 1. The summed E-state index contributed by atoms with van der Waals surface area (Å²) in [5.74, 6) is 1.12. The SMILES string of the molecule is CCC(CSc1ccccc1Br)NC. The fourth-order valence-electron chi connectivity index (χ4n) is 1.16. The van der Waals surface area contributed by atoms with Crippen molar-refractivity contribution in [1.82, 2.24) is 5.32 Å². The molecule has 0 heterocycles. The van der Waals surface area contributed by atoms with Gasteiger partial charge >= 0.3 is 0 Å². The highest BCUT2D eigenvalue weighted by atomic mass is 79.9. The molecular weight excluding hydrogens is 258 g/mol. The third-order valence-corrected chi connectivity index (χ3v) is 4.37. The van der Waals surface area contributed by atoms with Gasteiger partial charge in [-0.05, 0) is 41.5 Å². The lowest BCUT2D eigenvalue weighted by Gasteiger charge is -2.13. The minimum atomic E-state index is 0.604. The molecule has 0 spiro atoms. The van der Waals surface area contributed by atoms with Crippen molar-refractivity contribution in [3.8, 4) is 0 Å². The summed E-state index contributed by atoms with van der Waals surface area (Å²) in [5.41, 5.74) is 0. The number of nitrogens with one attached hydrogen (secondary N) is 1. The Labute approximate surface area is 98.8 Å². The van der Waals surface area contributed by atoms with Crippen molar-refractivity contribution in [2.45, 2.75) is 24.3 Å². The quantitative estimate of drug-likeness (QED) is 0.824. The van der Waals surface area contributed by atoms with Gasteiger partial charge in [0.25, 0.3) is 0 Å². The second-order valence-corrected chi connectivity index (χ2v) is 5.05. The van der Waals surface area contributed by atoms with Gasteiger partial charge in [-0.2, -0.15) is 0 Å². The lowest BCUT2D eigenvalue weighted by Crippen LogP contribution is -2.26. The molecule has 0 aliphatic rings. The summed E-state index contributed by atoms with van der Waals surface area (Å²) >= 11 is 5.44. The van der Waals surface area contributed by atoms with Gasteiger partial charge in [-0.1, -0.05) is 19.1 Å². The Morgan fingerprint density at radius 3 is 2.71 bits per heavy atom. The Balaban J connectivity index is 2.49. The normalized spacial score (nSPS) is 12.8. The van der Waals surface area contributed by atoms with Crippen LogP contribution in [-0.2, 0) is 0 Å². The number of hydrogen-bond donors (Lipinski definition) is 1. The summed E-state index contributed by atoms with van der Waals surface area (Å²) in [4.78, 5) is 1.32. The van der Waals surface area contributed by atoms with Crippen LogP contribution < -0.4 is 5.32 Å². The maximum atomic E-state index is 3.55. The van der Waals surface area contributed by atoms with Gasteiger partial charge in [-0.25, -0.2) is 0 Å². The van der Waals surface area contributed by atoms with Crippen LogP contribution >= 0.6 is 27.7 Å². The fourth-order valence-corrected chi connectivity index (χ4v) is 2.95.